The number of hydrogen-bond donors (Lipinski definition) is 2. The maximum atomic E-state index is 13.9. The molecule has 0 atom stereocenters. The van der Waals surface area contributed by atoms with Gasteiger partial charge in [-0.05, 0) is 12.1 Å². The van der Waals surface area contributed by atoms with E-state index in [1.54, 1.807) is 18.2 Å². The Morgan fingerprint density at radius 2 is 1.47 bits per heavy atom. The summed E-state index contributed by atoms with van der Waals surface area (Å²) in [5.41, 5.74) is 12.0. The predicted molar refractivity (Wildman–Crippen MR) is 74.3 cm³/mol. The van der Waals surface area contributed by atoms with Crippen LogP contribution in [0.25, 0.3) is 0 Å². The number of guanidine groups is 1. The van der Waals surface area contributed by atoms with Gasteiger partial charge in [-0.25, -0.2) is 4.39 Å². The predicted octanol–water partition coefficient (Wildman–Crippen LogP) is 1.85. The van der Waals surface area contributed by atoms with E-state index >= 15 is 0 Å². The van der Waals surface area contributed by atoms with Crippen molar-refractivity contribution in [1.29, 1.82) is 0 Å². The Morgan fingerprint density at radius 1 is 0.842 bits per heavy atom. The molecule has 0 saturated heterocycles. The van der Waals surface area contributed by atoms with E-state index in [0.717, 1.165) is 5.56 Å². The van der Waals surface area contributed by atoms with Crippen molar-refractivity contribution in [3.05, 3.63) is 71.5 Å². The quantitative estimate of drug-likeness (QED) is 0.499. The molecular weight excluding hydrogens is 243 g/mol. The molecule has 0 aliphatic heterocycles. The molecule has 0 saturated carbocycles. The van der Waals surface area contributed by atoms with Gasteiger partial charge >= 0.3 is 0 Å². The lowest BCUT2D eigenvalue weighted by Crippen LogP contribution is -2.22. The molecule has 4 nitrogen and oxygen atoms in total. The largest absolute Gasteiger partial charge is 0.369 e. The summed E-state index contributed by atoms with van der Waals surface area (Å²) in [5, 5.41) is 7.55. The SMILES string of the molecule is NC(N)=NN=C(c1ccccc1)c1ccccc1F. The van der Waals surface area contributed by atoms with Gasteiger partial charge in [0.1, 0.15) is 11.5 Å². The topological polar surface area (TPSA) is 76.8 Å². The van der Waals surface area contributed by atoms with Gasteiger partial charge in [-0.3, -0.25) is 0 Å². The number of hydrogen-bond acceptors (Lipinski definition) is 2. The lowest BCUT2D eigenvalue weighted by molar-refractivity contribution is 0.625. The van der Waals surface area contributed by atoms with Crippen LogP contribution in [-0.2, 0) is 0 Å². The zero-order valence-electron chi connectivity index (χ0n) is 10.1. The second-order valence-electron chi connectivity index (χ2n) is 3.82. The van der Waals surface area contributed by atoms with Gasteiger partial charge in [0, 0.05) is 11.1 Å². The first-order valence-electron chi connectivity index (χ1n) is 5.65. The molecular formula is C14H13FN4. The van der Waals surface area contributed by atoms with Gasteiger partial charge in [0.15, 0.2) is 0 Å². The Balaban J connectivity index is 2.57. The molecule has 0 unspecified atom stereocenters. The molecule has 0 aliphatic rings. The molecule has 4 N–H and O–H groups in total. The summed E-state index contributed by atoms with van der Waals surface area (Å²) in [6, 6.07) is 15.5. The summed E-state index contributed by atoms with van der Waals surface area (Å²) in [6.07, 6.45) is 0. The maximum Gasteiger partial charge on any atom is 0.211 e. The number of halogens is 1. The van der Waals surface area contributed by atoms with Crippen molar-refractivity contribution < 1.29 is 4.39 Å². The molecule has 0 bridgehead atoms. The van der Waals surface area contributed by atoms with Crippen molar-refractivity contribution in [3.8, 4) is 0 Å². The van der Waals surface area contributed by atoms with Crippen LogP contribution >= 0.6 is 0 Å². The van der Waals surface area contributed by atoms with Gasteiger partial charge in [-0.2, -0.15) is 0 Å². The van der Waals surface area contributed by atoms with Crippen molar-refractivity contribution in [2.24, 2.45) is 21.7 Å². The first-order valence-corrected chi connectivity index (χ1v) is 5.65. The van der Waals surface area contributed by atoms with Gasteiger partial charge in [0.25, 0.3) is 0 Å². The fourth-order valence-corrected chi connectivity index (χ4v) is 1.62. The fourth-order valence-electron chi connectivity index (χ4n) is 1.62. The van der Waals surface area contributed by atoms with Crippen molar-refractivity contribution in [1.82, 2.24) is 0 Å². The molecule has 0 fully saturated rings. The normalized spacial score (nSPS) is 11.1. The zero-order chi connectivity index (χ0) is 13.7. The van der Waals surface area contributed by atoms with E-state index in [2.05, 4.69) is 10.2 Å². The van der Waals surface area contributed by atoms with E-state index < -0.39 is 0 Å². The lowest BCUT2D eigenvalue weighted by Gasteiger charge is -2.06. The number of nitrogens with two attached hydrogens (primary N) is 2. The third kappa shape index (κ3) is 3.16. The first-order chi connectivity index (χ1) is 9.18. The average molecular weight is 256 g/mol. The number of nitrogens with zero attached hydrogens (tertiary/aromatic N) is 2. The van der Waals surface area contributed by atoms with Crippen molar-refractivity contribution in [2.45, 2.75) is 0 Å². The molecule has 19 heavy (non-hydrogen) atoms. The monoisotopic (exact) mass is 256 g/mol. The van der Waals surface area contributed by atoms with Gasteiger partial charge in [0.05, 0.1) is 0 Å². The first kappa shape index (κ1) is 12.8. The highest BCUT2D eigenvalue weighted by Crippen LogP contribution is 2.14. The smallest absolute Gasteiger partial charge is 0.211 e. The second-order valence-corrected chi connectivity index (χ2v) is 3.82. The van der Waals surface area contributed by atoms with E-state index in [4.69, 9.17) is 11.5 Å². The Morgan fingerprint density at radius 3 is 2.11 bits per heavy atom. The van der Waals surface area contributed by atoms with E-state index in [0.29, 0.717) is 11.3 Å². The third-order valence-electron chi connectivity index (χ3n) is 2.44. The van der Waals surface area contributed by atoms with Crippen molar-refractivity contribution >= 4 is 11.7 Å². The van der Waals surface area contributed by atoms with Crippen LogP contribution < -0.4 is 11.5 Å². The van der Waals surface area contributed by atoms with Gasteiger partial charge < -0.3 is 11.5 Å². The molecule has 0 heterocycles. The van der Waals surface area contributed by atoms with Crippen LogP contribution in [0.2, 0.25) is 0 Å². The molecule has 5 heteroatoms. The minimum absolute atomic E-state index is 0.176. The highest BCUT2D eigenvalue weighted by molar-refractivity contribution is 6.13. The van der Waals surface area contributed by atoms with Gasteiger partial charge in [-0.15, -0.1) is 10.2 Å². The summed E-state index contributed by atoms with van der Waals surface area (Å²) in [5.74, 6) is -0.555. The molecule has 0 amide bonds. The van der Waals surface area contributed by atoms with Crippen molar-refractivity contribution in [3.63, 3.8) is 0 Å². The summed E-state index contributed by atoms with van der Waals surface area (Å²) < 4.78 is 13.9. The Bertz CT molecular complexity index is 616. The number of benzene rings is 2. The van der Waals surface area contributed by atoms with Crippen LogP contribution in [0.5, 0.6) is 0 Å². The Kier molecular flexibility index (Phi) is 3.87. The zero-order valence-corrected chi connectivity index (χ0v) is 10.1. The summed E-state index contributed by atoms with van der Waals surface area (Å²) in [7, 11) is 0. The lowest BCUT2D eigenvalue weighted by atomic mass is 10.0. The van der Waals surface area contributed by atoms with Crippen LogP contribution in [0.15, 0.2) is 64.8 Å². The summed E-state index contributed by atoms with van der Waals surface area (Å²) >= 11 is 0. The maximum absolute atomic E-state index is 13.9. The molecule has 2 rings (SSSR count). The van der Waals surface area contributed by atoms with E-state index in [1.807, 2.05) is 30.3 Å². The van der Waals surface area contributed by atoms with Crippen LogP contribution in [0.3, 0.4) is 0 Å². The molecule has 96 valence electrons. The summed E-state index contributed by atoms with van der Waals surface area (Å²) in [6.45, 7) is 0. The Hall–Kier alpha value is -2.69. The molecule has 0 radical (unpaired) electrons. The standard InChI is InChI=1S/C14H13FN4/c15-12-9-5-4-8-11(12)13(18-19-14(16)17)10-6-2-1-3-7-10/h1-9H,(H4,16,17,19). The minimum Gasteiger partial charge on any atom is -0.369 e. The molecule has 2 aromatic carbocycles. The van der Waals surface area contributed by atoms with Crippen LogP contribution in [0, 0.1) is 5.82 Å². The minimum atomic E-state index is -0.379. The fraction of sp³-hybridized carbons (Fsp3) is 0. The van der Waals surface area contributed by atoms with E-state index in [1.165, 1.54) is 6.07 Å². The van der Waals surface area contributed by atoms with Crippen LogP contribution in [0.4, 0.5) is 4.39 Å². The molecule has 0 spiro atoms. The van der Waals surface area contributed by atoms with Crippen molar-refractivity contribution in [2.75, 3.05) is 0 Å². The summed E-state index contributed by atoms with van der Waals surface area (Å²) in [4.78, 5) is 0. The molecule has 0 aliphatic carbocycles. The third-order valence-corrected chi connectivity index (χ3v) is 2.44. The van der Waals surface area contributed by atoms with Gasteiger partial charge in [-0.1, -0.05) is 42.5 Å². The second kappa shape index (κ2) is 5.77. The van der Waals surface area contributed by atoms with E-state index in [-0.39, 0.29) is 11.8 Å². The molecule has 2 aromatic rings. The number of rotatable bonds is 3. The van der Waals surface area contributed by atoms with Gasteiger partial charge in [0.2, 0.25) is 5.96 Å². The van der Waals surface area contributed by atoms with Crippen LogP contribution in [-0.4, -0.2) is 11.7 Å². The Labute approximate surface area is 110 Å². The highest BCUT2D eigenvalue weighted by Gasteiger charge is 2.11. The van der Waals surface area contributed by atoms with Crippen LogP contribution in [0.1, 0.15) is 11.1 Å². The highest BCUT2D eigenvalue weighted by atomic mass is 19.1. The average Bonchev–Trinajstić information content (AvgIpc) is 2.42. The van der Waals surface area contributed by atoms with E-state index in [9.17, 15) is 4.39 Å². The molecule has 0 aromatic heterocycles.